The summed E-state index contributed by atoms with van der Waals surface area (Å²) in [6, 6.07) is 2.45. The van der Waals surface area contributed by atoms with Gasteiger partial charge in [-0.25, -0.2) is 0 Å². The number of hydrogen-bond donors (Lipinski definition) is 0. The van der Waals surface area contributed by atoms with Crippen LogP contribution < -0.4 is 0 Å². The number of hydrogen-bond acceptors (Lipinski definition) is 3. The Hall–Kier alpha value is -1.08. The van der Waals surface area contributed by atoms with Crippen LogP contribution in [0.4, 0.5) is 0 Å². The molecular formula is C15H26N2O2. The Balaban J connectivity index is 2.94. The average molecular weight is 266 g/mol. The number of amides is 1. The van der Waals surface area contributed by atoms with Crippen LogP contribution in [0, 0.1) is 16.7 Å². The predicted octanol–water partition coefficient (Wildman–Crippen LogP) is 2.73. The maximum absolute atomic E-state index is 12.8. The number of rotatable bonds is 6. The van der Waals surface area contributed by atoms with Gasteiger partial charge in [0, 0.05) is 6.54 Å². The lowest BCUT2D eigenvalue weighted by molar-refractivity contribution is -0.148. The van der Waals surface area contributed by atoms with Crippen molar-refractivity contribution in [2.24, 2.45) is 5.41 Å². The Morgan fingerprint density at radius 3 is 2.47 bits per heavy atom. The second-order valence-corrected chi connectivity index (χ2v) is 5.33. The monoisotopic (exact) mass is 266 g/mol. The fourth-order valence-electron chi connectivity index (χ4n) is 2.89. The summed E-state index contributed by atoms with van der Waals surface area (Å²) < 4.78 is 5.44. The molecule has 0 aromatic heterocycles. The van der Waals surface area contributed by atoms with Gasteiger partial charge in [-0.05, 0) is 19.3 Å². The van der Waals surface area contributed by atoms with E-state index in [-0.39, 0.29) is 11.9 Å². The van der Waals surface area contributed by atoms with Crippen LogP contribution in [0.1, 0.15) is 52.9 Å². The first-order chi connectivity index (χ1) is 9.15. The number of carbonyl (C=O) groups excluding carboxylic acids is 1. The molecule has 0 bridgehead atoms. The van der Waals surface area contributed by atoms with Gasteiger partial charge in [-0.3, -0.25) is 4.79 Å². The molecule has 0 aromatic carbocycles. The van der Waals surface area contributed by atoms with Gasteiger partial charge in [-0.1, -0.05) is 33.6 Å². The van der Waals surface area contributed by atoms with Crippen molar-refractivity contribution in [3.8, 4) is 6.07 Å². The molecule has 1 heterocycles. The van der Waals surface area contributed by atoms with Crippen LogP contribution in [0.25, 0.3) is 0 Å². The SMILES string of the molecule is CCCC(C#N)(CCC)C(=O)N1CCOCC1CC. The molecule has 0 spiro atoms. The highest BCUT2D eigenvalue weighted by atomic mass is 16.5. The summed E-state index contributed by atoms with van der Waals surface area (Å²) in [6.45, 7) is 7.93. The Morgan fingerprint density at radius 1 is 1.37 bits per heavy atom. The number of nitrogens with zero attached hydrogens (tertiary/aromatic N) is 2. The summed E-state index contributed by atoms with van der Waals surface area (Å²) in [6.07, 6.45) is 3.92. The van der Waals surface area contributed by atoms with Crippen LogP contribution in [0.3, 0.4) is 0 Å². The van der Waals surface area contributed by atoms with Crippen LogP contribution in [-0.4, -0.2) is 36.6 Å². The minimum absolute atomic E-state index is 0.0221. The van der Waals surface area contributed by atoms with Gasteiger partial charge < -0.3 is 9.64 Å². The Morgan fingerprint density at radius 2 is 2.00 bits per heavy atom. The molecule has 1 aliphatic heterocycles. The summed E-state index contributed by atoms with van der Waals surface area (Å²) in [4.78, 5) is 14.7. The molecule has 108 valence electrons. The third-order valence-corrected chi connectivity index (χ3v) is 3.94. The molecule has 0 saturated carbocycles. The minimum Gasteiger partial charge on any atom is -0.377 e. The zero-order valence-electron chi connectivity index (χ0n) is 12.4. The van der Waals surface area contributed by atoms with Gasteiger partial charge in [0.1, 0.15) is 5.41 Å². The van der Waals surface area contributed by atoms with E-state index in [1.54, 1.807) is 0 Å². The van der Waals surface area contributed by atoms with E-state index in [9.17, 15) is 10.1 Å². The predicted molar refractivity (Wildman–Crippen MR) is 74.5 cm³/mol. The molecule has 0 radical (unpaired) electrons. The Bertz CT molecular complexity index is 330. The molecule has 4 heteroatoms. The summed E-state index contributed by atoms with van der Waals surface area (Å²) in [5.41, 5.74) is -0.825. The lowest BCUT2D eigenvalue weighted by Crippen LogP contribution is -2.53. The number of nitriles is 1. The molecule has 1 saturated heterocycles. The highest BCUT2D eigenvalue weighted by Gasteiger charge is 2.42. The lowest BCUT2D eigenvalue weighted by Gasteiger charge is -2.39. The first-order valence-corrected chi connectivity index (χ1v) is 7.45. The second-order valence-electron chi connectivity index (χ2n) is 5.33. The molecule has 0 N–H and O–H groups in total. The molecule has 4 nitrogen and oxygen atoms in total. The molecule has 1 unspecified atom stereocenters. The first kappa shape index (κ1) is 16.0. The van der Waals surface area contributed by atoms with Crippen molar-refractivity contribution in [2.75, 3.05) is 19.8 Å². The van der Waals surface area contributed by atoms with Gasteiger partial charge in [0.25, 0.3) is 0 Å². The quantitative estimate of drug-likeness (QED) is 0.742. The van der Waals surface area contributed by atoms with E-state index in [2.05, 4.69) is 13.0 Å². The third-order valence-electron chi connectivity index (χ3n) is 3.94. The van der Waals surface area contributed by atoms with E-state index in [0.717, 1.165) is 19.3 Å². The average Bonchev–Trinajstić information content (AvgIpc) is 2.46. The minimum atomic E-state index is -0.825. The molecule has 1 rings (SSSR count). The number of ether oxygens (including phenoxy) is 1. The van der Waals surface area contributed by atoms with E-state index in [0.29, 0.717) is 32.6 Å². The number of carbonyl (C=O) groups is 1. The van der Waals surface area contributed by atoms with Crippen LogP contribution >= 0.6 is 0 Å². The molecule has 0 aromatic rings. The molecule has 0 aliphatic carbocycles. The van der Waals surface area contributed by atoms with E-state index < -0.39 is 5.41 Å². The fraction of sp³-hybridized carbons (Fsp3) is 0.867. The van der Waals surface area contributed by atoms with Crippen LogP contribution in [0.15, 0.2) is 0 Å². The van der Waals surface area contributed by atoms with Crippen molar-refractivity contribution in [2.45, 2.75) is 58.9 Å². The molecule has 1 aliphatic rings. The summed E-state index contributed by atoms with van der Waals surface area (Å²) in [7, 11) is 0. The fourth-order valence-corrected chi connectivity index (χ4v) is 2.89. The highest BCUT2D eigenvalue weighted by molar-refractivity contribution is 5.85. The molecule has 1 amide bonds. The van der Waals surface area contributed by atoms with Gasteiger partial charge in [0.2, 0.25) is 5.91 Å². The van der Waals surface area contributed by atoms with Gasteiger partial charge >= 0.3 is 0 Å². The van der Waals surface area contributed by atoms with Gasteiger partial charge in [0.15, 0.2) is 0 Å². The summed E-state index contributed by atoms with van der Waals surface area (Å²) >= 11 is 0. The van der Waals surface area contributed by atoms with Gasteiger partial charge in [0.05, 0.1) is 25.3 Å². The lowest BCUT2D eigenvalue weighted by atomic mass is 9.79. The van der Waals surface area contributed by atoms with Crippen molar-refractivity contribution in [1.82, 2.24) is 4.90 Å². The molecule has 1 atom stereocenters. The largest absolute Gasteiger partial charge is 0.377 e. The maximum atomic E-state index is 12.8. The highest BCUT2D eigenvalue weighted by Crippen LogP contribution is 2.33. The Labute approximate surface area is 116 Å². The van der Waals surface area contributed by atoms with Crippen molar-refractivity contribution in [1.29, 1.82) is 5.26 Å². The molecular weight excluding hydrogens is 240 g/mol. The van der Waals surface area contributed by atoms with Gasteiger partial charge in [-0.15, -0.1) is 0 Å². The zero-order valence-corrected chi connectivity index (χ0v) is 12.4. The van der Waals surface area contributed by atoms with Crippen molar-refractivity contribution in [3.63, 3.8) is 0 Å². The van der Waals surface area contributed by atoms with Gasteiger partial charge in [-0.2, -0.15) is 5.26 Å². The van der Waals surface area contributed by atoms with Crippen LogP contribution in [0.2, 0.25) is 0 Å². The van der Waals surface area contributed by atoms with Crippen molar-refractivity contribution in [3.05, 3.63) is 0 Å². The number of morpholine rings is 1. The van der Waals surface area contributed by atoms with E-state index in [1.165, 1.54) is 0 Å². The molecule has 1 fully saturated rings. The van der Waals surface area contributed by atoms with Crippen molar-refractivity contribution >= 4 is 5.91 Å². The van der Waals surface area contributed by atoms with E-state index in [1.807, 2.05) is 18.7 Å². The summed E-state index contributed by atoms with van der Waals surface area (Å²) in [5, 5.41) is 9.57. The Kier molecular flexibility index (Phi) is 6.30. The van der Waals surface area contributed by atoms with Crippen LogP contribution in [-0.2, 0) is 9.53 Å². The second kappa shape index (κ2) is 7.49. The van der Waals surface area contributed by atoms with Crippen LogP contribution in [0.5, 0.6) is 0 Å². The standard InChI is InChI=1S/C15H26N2O2/c1-4-7-15(12-16,8-5-2)14(18)17-9-10-19-11-13(17)6-3/h13H,4-11H2,1-3H3. The third kappa shape index (κ3) is 3.48. The van der Waals surface area contributed by atoms with E-state index in [4.69, 9.17) is 4.74 Å². The summed E-state index contributed by atoms with van der Waals surface area (Å²) in [5.74, 6) is 0.0221. The smallest absolute Gasteiger partial charge is 0.243 e. The zero-order chi connectivity index (χ0) is 14.3. The maximum Gasteiger partial charge on any atom is 0.243 e. The first-order valence-electron chi connectivity index (χ1n) is 7.45. The normalized spacial score (nSPS) is 20.1. The van der Waals surface area contributed by atoms with Crippen molar-refractivity contribution < 1.29 is 9.53 Å². The topological polar surface area (TPSA) is 53.3 Å². The molecule has 19 heavy (non-hydrogen) atoms. The van der Waals surface area contributed by atoms with E-state index >= 15 is 0 Å².